The van der Waals surface area contributed by atoms with E-state index in [4.69, 9.17) is 13.9 Å². The van der Waals surface area contributed by atoms with Gasteiger partial charge >= 0.3 is 12.1 Å². The van der Waals surface area contributed by atoms with Gasteiger partial charge in [-0.3, -0.25) is 4.79 Å². The number of amidine groups is 1. The predicted octanol–water partition coefficient (Wildman–Crippen LogP) is 6.85. The molecule has 218 valence electrons. The lowest BCUT2D eigenvalue weighted by molar-refractivity contribution is -0.145. The lowest BCUT2D eigenvalue weighted by Crippen LogP contribution is -2.40. The van der Waals surface area contributed by atoms with Crippen LogP contribution in [0.1, 0.15) is 37.6 Å². The minimum absolute atomic E-state index is 0.0170. The molecule has 1 atom stereocenters. The van der Waals surface area contributed by atoms with Crippen LogP contribution in [0.3, 0.4) is 0 Å². The molecule has 42 heavy (non-hydrogen) atoms. The van der Waals surface area contributed by atoms with E-state index in [-0.39, 0.29) is 18.1 Å². The number of para-hydroxylation sites is 1. The van der Waals surface area contributed by atoms with Crippen molar-refractivity contribution in [2.75, 3.05) is 0 Å². The molecule has 3 heterocycles. The zero-order valence-electron chi connectivity index (χ0n) is 22.6. The van der Waals surface area contributed by atoms with Crippen LogP contribution in [0.5, 0.6) is 11.5 Å². The van der Waals surface area contributed by atoms with Gasteiger partial charge in [0.2, 0.25) is 5.91 Å². The molecule has 1 aromatic heterocycles. The van der Waals surface area contributed by atoms with E-state index in [9.17, 15) is 22.8 Å². The minimum atomic E-state index is -4.95. The summed E-state index contributed by atoms with van der Waals surface area (Å²) in [7, 11) is 0. The highest BCUT2D eigenvalue weighted by Gasteiger charge is 2.49. The van der Waals surface area contributed by atoms with Gasteiger partial charge in [-0.25, -0.2) is 9.79 Å². The summed E-state index contributed by atoms with van der Waals surface area (Å²) in [5, 5.41) is 4.28. The van der Waals surface area contributed by atoms with Gasteiger partial charge in [-0.2, -0.15) is 13.2 Å². The van der Waals surface area contributed by atoms with Gasteiger partial charge in [0.05, 0.1) is 36.9 Å². The first kappa shape index (κ1) is 29.1. The maximum atomic E-state index is 14.4. The van der Waals surface area contributed by atoms with Gasteiger partial charge in [0.1, 0.15) is 17.3 Å². The summed E-state index contributed by atoms with van der Waals surface area (Å²) in [6.45, 7) is 3.24. The molecular formula is C30H26F3N3O5S. The van der Waals surface area contributed by atoms with Crippen LogP contribution in [0, 0.1) is 0 Å². The summed E-state index contributed by atoms with van der Waals surface area (Å²) in [5.74, 6) is -0.129. The Morgan fingerprint density at radius 3 is 2.52 bits per heavy atom. The summed E-state index contributed by atoms with van der Waals surface area (Å²) in [6.07, 6.45) is -4.34. The number of ether oxygens (including phenoxy) is 2. The SMILES string of the molecule is CC(C)OC(=O)C1=C(C(F)(F)F)N=C2SC=C(CC(=O)NCc3ccco3)N2C1c1cccc(Oc2ccccc2)c1. The van der Waals surface area contributed by atoms with Crippen LogP contribution >= 0.6 is 11.8 Å². The van der Waals surface area contributed by atoms with E-state index in [1.165, 1.54) is 11.2 Å². The Morgan fingerprint density at radius 2 is 1.83 bits per heavy atom. The first-order valence-corrected chi connectivity index (χ1v) is 13.9. The van der Waals surface area contributed by atoms with Gasteiger partial charge in [0, 0.05) is 5.70 Å². The minimum Gasteiger partial charge on any atom is -0.467 e. The largest absolute Gasteiger partial charge is 0.467 e. The number of esters is 1. The van der Waals surface area contributed by atoms with Crippen LogP contribution in [0.4, 0.5) is 13.2 Å². The fourth-order valence-electron chi connectivity index (χ4n) is 4.47. The summed E-state index contributed by atoms with van der Waals surface area (Å²) in [5.41, 5.74) is -1.34. The second kappa shape index (κ2) is 12.2. The Labute approximate surface area is 243 Å². The lowest BCUT2D eigenvalue weighted by Gasteiger charge is -2.37. The number of rotatable bonds is 9. The third-order valence-electron chi connectivity index (χ3n) is 6.18. The zero-order chi connectivity index (χ0) is 29.9. The van der Waals surface area contributed by atoms with E-state index < -0.39 is 41.5 Å². The maximum Gasteiger partial charge on any atom is 0.434 e. The molecule has 0 radical (unpaired) electrons. The van der Waals surface area contributed by atoms with Gasteiger partial charge in [0.15, 0.2) is 10.9 Å². The number of furan rings is 1. The molecule has 0 fully saturated rings. The quantitative estimate of drug-likeness (QED) is 0.270. The highest BCUT2D eigenvalue weighted by Crippen LogP contribution is 2.48. The molecule has 5 rings (SSSR count). The Morgan fingerprint density at radius 1 is 1.07 bits per heavy atom. The average molecular weight is 598 g/mol. The van der Waals surface area contributed by atoms with Crippen LogP contribution in [0.2, 0.25) is 0 Å². The van der Waals surface area contributed by atoms with Crippen LogP contribution in [-0.2, 0) is 20.9 Å². The van der Waals surface area contributed by atoms with Crippen LogP contribution in [0.15, 0.2) is 105 Å². The molecule has 3 aromatic rings. The summed E-state index contributed by atoms with van der Waals surface area (Å²) < 4.78 is 59.8. The van der Waals surface area contributed by atoms with Crippen molar-refractivity contribution in [2.24, 2.45) is 4.99 Å². The number of halogens is 3. The number of fused-ring (bicyclic) bond motifs is 1. The van der Waals surface area contributed by atoms with Gasteiger partial charge < -0.3 is 24.1 Å². The Hall–Kier alpha value is -4.45. The molecule has 12 heteroatoms. The van der Waals surface area contributed by atoms with Crippen molar-refractivity contribution in [2.45, 2.75) is 45.1 Å². The molecule has 2 aliphatic heterocycles. The molecule has 8 nitrogen and oxygen atoms in total. The molecule has 2 aromatic carbocycles. The van der Waals surface area contributed by atoms with Crippen molar-refractivity contribution in [1.82, 2.24) is 10.2 Å². The molecule has 0 bridgehead atoms. The maximum absolute atomic E-state index is 14.4. The van der Waals surface area contributed by atoms with Crippen LogP contribution < -0.4 is 10.1 Å². The first-order valence-electron chi connectivity index (χ1n) is 13.0. The predicted molar refractivity (Wildman–Crippen MR) is 150 cm³/mol. The Kier molecular flexibility index (Phi) is 8.44. The number of nitrogens with zero attached hydrogens (tertiary/aromatic N) is 2. The zero-order valence-corrected chi connectivity index (χ0v) is 23.4. The van der Waals surface area contributed by atoms with Gasteiger partial charge in [-0.1, -0.05) is 42.1 Å². The fraction of sp³-hybridized carbons (Fsp3) is 0.233. The van der Waals surface area contributed by atoms with E-state index >= 15 is 0 Å². The number of alkyl halides is 3. The van der Waals surface area contributed by atoms with Crippen molar-refractivity contribution in [3.05, 3.63) is 107 Å². The smallest absolute Gasteiger partial charge is 0.434 e. The first-order chi connectivity index (χ1) is 20.1. The number of aliphatic imine (C=N–C) groups is 1. The second-order valence-corrected chi connectivity index (χ2v) is 10.5. The number of thioether (sulfide) groups is 1. The highest BCUT2D eigenvalue weighted by molar-refractivity contribution is 8.16. The van der Waals surface area contributed by atoms with Crippen molar-refractivity contribution >= 4 is 28.8 Å². The molecule has 0 spiro atoms. The normalized spacial score (nSPS) is 16.6. The molecule has 0 saturated heterocycles. The molecule has 1 unspecified atom stereocenters. The molecule has 0 saturated carbocycles. The van der Waals surface area contributed by atoms with Crippen molar-refractivity contribution in [3.8, 4) is 11.5 Å². The topological polar surface area (TPSA) is 93.4 Å². The van der Waals surface area contributed by atoms with Gasteiger partial charge in [-0.15, -0.1) is 0 Å². The Balaban J connectivity index is 1.54. The van der Waals surface area contributed by atoms with Crippen molar-refractivity contribution in [1.29, 1.82) is 0 Å². The lowest BCUT2D eigenvalue weighted by atomic mass is 9.93. The van der Waals surface area contributed by atoms with Crippen molar-refractivity contribution in [3.63, 3.8) is 0 Å². The molecule has 1 amide bonds. The summed E-state index contributed by atoms with van der Waals surface area (Å²) in [4.78, 5) is 31.6. The van der Waals surface area contributed by atoms with Crippen LogP contribution in [0.25, 0.3) is 0 Å². The van der Waals surface area contributed by atoms with Gasteiger partial charge in [0.25, 0.3) is 0 Å². The van der Waals surface area contributed by atoms with Crippen LogP contribution in [-0.4, -0.2) is 34.2 Å². The Bertz CT molecular complexity index is 1550. The second-order valence-electron chi connectivity index (χ2n) is 9.63. The molecular weight excluding hydrogens is 571 g/mol. The summed E-state index contributed by atoms with van der Waals surface area (Å²) >= 11 is 0.943. The third kappa shape index (κ3) is 6.54. The van der Waals surface area contributed by atoms with E-state index in [0.29, 0.717) is 28.5 Å². The standard InChI is InChI=1S/C30H26F3N3O5S/c1-18(2)40-28(38)25-26(19-8-6-11-22(14-19)41-21-9-4-3-5-10-21)36-20(15-24(37)34-16-23-12-7-13-39-23)17-42-29(36)35-27(25)30(31,32)33/h3-14,17-18,26H,15-16H2,1-2H3,(H,34,37). The molecule has 1 N–H and O–H groups in total. The number of hydrogen-bond acceptors (Lipinski definition) is 8. The highest BCUT2D eigenvalue weighted by atomic mass is 32.2. The molecule has 0 aliphatic carbocycles. The fourth-order valence-corrected chi connectivity index (χ4v) is 5.39. The number of carbonyl (C=O) groups excluding carboxylic acids is 2. The van der Waals surface area contributed by atoms with Crippen molar-refractivity contribution < 1.29 is 36.7 Å². The van der Waals surface area contributed by atoms with E-state index in [0.717, 1.165) is 11.8 Å². The number of amides is 1. The van der Waals surface area contributed by atoms with Gasteiger partial charge in [-0.05, 0) is 61.2 Å². The number of allylic oxidation sites excluding steroid dienone is 1. The summed E-state index contributed by atoms with van der Waals surface area (Å²) in [6, 6.07) is 17.4. The monoisotopic (exact) mass is 597 g/mol. The average Bonchev–Trinajstić information content (AvgIpc) is 3.61. The number of benzene rings is 2. The van der Waals surface area contributed by atoms with E-state index in [2.05, 4.69) is 10.3 Å². The third-order valence-corrected chi connectivity index (χ3v) is 7.06. The number of carbonyl (C=O) groups is 2. The molecule has 2 aliphatic rings. The number of nitrogens with one attached hydrogen (secondary N) is 1. The van der Waals surface area contributed by atoms with E-state index in [1.54, 1.807) is 79.9 Å². The van der Waals surface area contributed by atoms with E-state index in [1.807, 2.05) is 6.07 Å². The number of hydrogen-bond donors (Lipinski definition) is 1.